The van der Waals surface area contributed by atoms with Crippen molar-refractivity contribution < 1.29 is 14.5 Å². The Morgan fingerprint density at radius 3 is 2.59 bits per heavy atom. The second kappa shape index (κ2) is 6.83. The van der Waals surface area contributed by atoms with Gasteiger partial charge in [0, 0.05) is 17.3 Å². The highest BCUT2D eigenvalue weighted by Gasteiger charge is 2.25. The van der Waals surface area contributed by atoms with E-state index in [9.17, 15) is 9.90 Å². The lowest BCUT2D eigenvalue weighted by Gasteiger charge is -2.27. The average molecular weight is 363 g/mol. The van der Waals surface area contributed by atoms with Crippen LogP contribution in [-0.2, 0) is 18.9 Å². The summed E-state index contributed by atoms with van der Waals surface area (Å²) in [6, 6.07) is 15.0. The van der Waals surface area contributed by atoms with Gasteiger partial charge in [-0.3, -0.25) is 0 Å². The fourth-order valence-corrected chi connectivity index (χ4v) is 3.74. The number of fused-ring (bicyclic) bond motifs is 1. The number of imidazole rings is 1. The van der Waals surface area contributed by atoms with Crippen molar-refractivity contribution in [3.63, 3.8) is 0 Å². The number of nitrogens with zero attached hydrogens (tertiary/aromatic N) is 5. The molecule has 27 heavy (non-hydrogen) atoms. The molecule has 0 N–H and O–H groups in total. The standard InChI is InChI=1S/C20H21N5O2/c1-23-16-6-3-4-7-17(16)24(2)20(23)22-21-14-9-11-15(12-10-14)25-13-5-8-18(25)19(26)27/h3-4,6-7,9-12,18H,5,8,13H2,1-2H3. The molecule has 1 unspecified atom stereocenters. The van der Waals surface area contributed by atoms with Gasteiger partial charge in [-0.15, -0.1) is 0 Å². The second-order valence-corrected chi connectivity index (χ2v) is 6.79. The van der Waals surface area contributed by atoms with Gasteiger partial charge in [0.15, 0.2) is 0 Å². The first kappa shape index (κ1) is 17.2. The van der Waals surface area contributed by atoms with Crippen molar-refractivity contribution in [2.75, 3.05) is 11.4 Å². The summed E-state index contributed by atoms with van der Waals surface area (Å²) in [5.41, 5.74) is 3.77. The molecule has 0 saturated carbocycles. The molecular weight excluding hydrogens is 342 g/mol. The van der Waals surface area contributed by atoms with E-state index in [1.807, 2.05) is 76.7 Å². The van der Waals surface area contributed by atoms with E-state index in [4.69, 9.17) is 0 Å². The Balaban J connectivity index is 1.58. The second-order valence-electron chi connectivity index (χ2n) is 6.79. The molecule has 138 valence electrons. The number of carboxylic acid groups (broad SMARTS) is 1. The number of carboxylic acids is 1. The zero-order valence-corrected chi connectivity index (χ0v) is 15.4. The van der Waals surface area contributed by atoms with Gasteiger partial charge in [0.05, 0.1) is 26.1 Å². The molecule has 3 aromatic rings. The molecule has 7 nitrogen and oxygen atoms in total. The third kappa shape index (κ3) is 3.05. The number of aromatic nitrogens is 2. The number of benzene rings is 2. The monoisotopic (exact) mass is 363 g/mol. The smallest absolute Gasteiger partial charge is 0.422 e. The Labute approximate surface area is 157 Å². The van der Waals surface area contributed by atoms with Crippen molar-refractivity contribution in [1.82, 2.24) is 4.57 Å². The number of para-hydroxylation sites is 2. The minimum absolute atomic E-state index is 0.549. The topological polar surface area (TPSA) is 76.9 Å². The van der Waals surface area contributed by atoms with Crippen molar-refractivity contribution in [2.24, 2.45) is 24.3 Å². The van der Waals surface area contributed by atoms with Crippen LogP contribution in [0.25, 0.3) is 11.0 Å². The highest BCUT2D eigenvalue weighted by atomic mass is 16.4. The van der Waals surface area contributed by atoms with Crippen LogP contribution in [0.3, 0.4) is 0 Å². The van der Waals surface area contributed by atoms with Gasteiger partial charge in [-0.05, 0) is 49.2 Å². The molecule has 1 aliphatic rings. The van der Waals surface area contributed by atoms with Crippen LogP contribution in [0.1, 0.15) is 12.8 Å². The van der Waals surface area contributed by atoms with E-state index >= 15 is 0 Å². The summed E-state index contributed by atoms with van der Waals surface area (Å²) >= 11 is 0. The summed E-state index contributed by atoms with van der Waals surface area (Å²) in [6.07, 6.45) is 1.49. The van der Waals surface area contributed by atoms with Crippen molar-refractivity contribution >= 4 is 34.3 Å². The first-order chi connectivity index (χ1) is 13.1. The van der Waals surface area contributed by atoms with E-state index in [0.29, 0.717) is 12.1 Å². The van der Waals surface area contributed by atoms with E-state index in [1.54, 1.807) is 0 Å². The van der Waals surface area contributed by atoms with Crippen LogP contribution in [0.2, 0.25) is 0 Å². The molecule has 2 aromatic carbocycles. The first-order valence-electron chi connectivity index (χ1n) is 8.99. The van der Waals surface area contributed by atoms with Gasteiger partial charge in [0.25, 0.3) is 0 Å². The number of carbonyl (C=O) groups excluding carboxylic acids is 1. The summed E-state index contributed by atoms with van der Waals surface area (Å²) in [6.45, 7) is 0.727. The predicted octanol–water partition coefficient (Wildman–Crippen LogP) is 2.14. The van der Waals surface area contributed by atoms with Crippen LogP contribution in [0.4, 0.5) is 17.3 Å². The number of hydrogen-bond acceptors (Lipinski definition) is 5. The largest absolute Gasteiger partial charge is 0.548 e. The maximum atomic E-state index is 11.3. The van der Waals surface area contributed by atoms with Gasteiger partial charge in [0.2, 0.25) is 0 Å². The van der Waals surface area contributed by atoms with E-state index in [-0.39, 0.29) is 0 Å². The lowest BCUT2D eigenvalue weighted by Crippen LogP contribution is -2.44. The maximum absolute atomic E-state index is 11.3. The SMILES string of the molecule is Cn1c(N=Nc2ccc(N3CCCC3C(=O)[O-])cc2)[n+](C)c2ccccc21. The van der Waals surface area contributed by atoms with Crippen molar-refractivity contribution in [2.45, 2.75) is 18.9 Å². The third-order valence-electron chi connectivity index (χ3n) is 5.17. The number of aliphatic carboxylic acids is 1. The third-order valence-corrected chi connectivity index (χ3v) is 5.17. The maximum Gasteiger partial charge on any atom is 0.422 e. The number of rotatable bonds is 4. The molecule has 0 bridgehead atoms. The van der Waals surface area contributed by atoms with E-state index in [2.05, 4.69) is 10.2 Å². The predicted molar refractivity (Wildman–Crippen MR) is 100 cm³/mol. The Hall–Kier alpha value is -3.22. The number of hydrogen-bond donors (Lipinski definition) is 0. The van der Waals surface area contributed by atoms with Gasteiger partial charge in [-0.2, -0.15) is 0 Å². The molecule has 0 aliphatic carbocycles. The zero-order chi connectivity index (χ0) is 19.0. The molecule has 0 amide bonds. The zero-order valence-electron chi connectivity index (χ0n) is 15.4. The molecule has 1 atom stereocenters. The van der Waals surface area contributed by atoms with Gasteiger partial charge in [0.1, 0.15) is 16.7 Å². The van der Waals surface area contributed by atoms with E-state index in [1.165, 1.54) is 0 Å². The summed E-state index contributed by atoms with van der Waals surface area (Å²) in [7, 11) is 3.93. The highest BCUT2D eigenvalue weighted by molar-refractivity contribution is 5.77. The van der Waals surface area contributed by atoms with Gasteiger partial charge in [-0.25, -0.2) is 9.13 Å². The molecule has 1 aliphatic heterocycles. The van der Waals surface area contributed by atoms with E-state index < -0.39 is 12.0 Å². The van der Waals surface area contributed by atoms with Crippen LogP contribution in [-0.4, -0.2) is 23.1 Å². The van der Waals surface area contributed by atoms with Gasteiger partial charge < -0.3 is 14.8 Å². The number of anilines is 1. The van der Waals surface area contributed by atoms with Gasteiger partial charge in [-0.1, -0.05) is 17.2 Å². The lowest BCUT2D eigenvalue weighted by atomic mass is 10.2. The minimum atomic E-state index is -1.01. The molecule has 1 aromatic heterocycles. The molecule has 1 fully saturated rings. The van der Waals surface area contributed by atoms with Crippen LogP contribution in [0.15, 0.2) is 58.8 Å². The molecule has 2 heterocycles. The molecule has 0 radical (unpaired) electrons. The number of carbonyl (C=O) groups is 1. The summed E-state index contributed by atoms with van der Waals surface area (Å²) < 4.78 is 4.00. The van der Waals surface area contributed by atoms with Crippen molar-refractivity contribution in [1.29, 1.82) is 0 Å². The first-order valence-corrected chi connectivity index (χ1v) is 8.99. The molecule has 1 saturated heterocycles. The Bertz CT molecular complexity index is 984. The molecule has 0 spiro atoms. The van der Waals surface area contributed by atoms with Crippen LogP contribution in [0.5, 0.6) is 0 Å². The summed E-state index contributed by atoms with van der Waals surface area (Å²) in [5, 5.41) is 20.0. The number of aryl methyl sites for hydroxylation is 2. The Morgan fingerprint density at radius 1 is 1.15 bits per heavy atom. The van der Waals surface area contributed by atoms with Crippen molar-refractivity contribution in [3.05, 3.63) is 48.5 Å². The Kier molecular flexibility index (Phi) is 4.35. The fourth-order valence-electron chi connectivity index (χ4n) is 3.74. The molecule has 4 rings (SSSR count). The lowest BCUT2D eigenvalue weighted by molar-refractivity contribution is -0.632. The summed E-state index contributed by atoms with van der Waals surface area (Å²) in [5.74, 6) is -0.267. The normalized spacial score (nSPS) is 17.3. The van der Waals surface area contributed by atoms with Crippen molar-refractivity contribution in [3.8, 4) is 0 Å². The minimum Gasteiger partial charge on any atom is -0.548 e. The van der Waals surface area contributed by atoms with Crippen LogP contribution >= 0.6 is 0 Å². The van der Waals surface area contributed by atoms with Crippen LogP contribution in [0, 0.1) is 0 Å². The fraction of sp³-hybridized carbons (Fsp3) is 0.300. The van der Waals surface area contributed by atoms with Gasteiger partial charge >= 0.3 is 5.95 Å². The van der Waals surface area contributed by atoms with E-state index in [0.717, 1.165) is 35.6 Å². The Morgan fingerprint density at radius 2 is 1.89 bits per heavy atom. The van der Waals surface area contributed by atoms with Crippen LogP contribution < -0.4 is 14.6 Å². The highest BCUT2D eigenvalue weighted by Crippen LogP contribution is 2.28. The molecular formula is C20H21N5O2. The molecule has 7 heteroatoms. The number of azo groups is 1. The quantitative estimate of drug-likeness (QED) is 0.526. The summed E-state index contributed by atoms with van der Waals surface area (Å²) in [4.78, 5) is 13.1. The average Bonchev–Trinajstić information content (AvgIpc) is 3.26.